The molecule has 7 heteroatoms. The molecule has 1 fully saturated rings. The Labute approximate surface area is 132 Å². The summed E-state index contributed by atoms with van der Waals surface area (Å²) in [6, 6.07) is 0. The molecule has 0 bridgehead atoms. The molecule has 6 nitrogen and oxygen atoms in total. The van der Waals surface area contributed by atoms with Gasteiger partial charge in [-0.3, -0.25) is 9.79 Å². The Balaban J connectivity index is 0.00000324. The van der Waals surface area contributed by atoms with E-state index in [-0.39, 0.29) is 36.0 Å². The van der Waals surface area contributed by atoms with Crippen LogP contribution in [0.4, 0.5) is 0 Å². The Morgan fingerprint density at radius 1 is 1.53 bits per heavy atom. The second-order valence-corrected chi connectivity index (χ2v) is 4.66. The second kappa shape index (κ2) is 9.35. The van der Waals surface area contributed by atoms with Crippen molar-refractivity contribution in [2.24, 2.45) is 4.99 Å². The van der Waals surface area contributed by atoms with Crippen molar-refractivity contribution < 1.29 is 9.90 Å². The number of guanidine groups is 1. The Morgan fingerprint density at radius 3 is 2.68 bits per heavy atom. The first-order chi connectivity index (χ1) is 8.54. The summed E-state index contributed by atoms with van der Waals surface area (Å²) in [6.45, 7) is 4.70. The smallest absolute Gasteiger partial charge is 0.223 e. The van der Waals surface area contributed by atoms with Crippen LogP contribution in [0.1, 0.15) is 19.8 Å². The Bertz CT molecular complexity index is 310. The second-order valence-electron chi connectivity index (χ2n) is 4.66. The maximum atomic E-state index is 11.4. The van der Waals surface area contributed by atoms with Gasteiger partial charge in [-0.05, 0) is 13.3 Å². The number of nitrogens with zero attached hydrogens (tertiary/aromatic N) is 3. The molecule has 112 valence electrons. The number of amides is 1. The molecule has 1 heterocycles. The number of carbonyl (C=O) groups is 1. The number of nitrogens with one attached hydrogen (secondary N) is 1. The quantitative estimate of drug-likeness (QED) is 0.411. The van der Waals surface area contributed by atoms with Gasteiger partial charge in [0.15, 0.2) is 5.96 Å². The van der Waals surface area contributed by atoms with Crippen LogP contribution in [0.5, 0.6) is 0 Å². The Hall–Kier alpha value is -0.570. The minimum absolute atomic E-state index is 0. The van der Waals surface area contributed by atoms with Gasteiger partial charge in [-0.15, -0.1) is 24.0 Å². The minimum atomic E-state index is -0.266. The molecule has 0 aromatic carbocycles. The van der Waals surface area contributed by atoms with Gasteiger partial charge < -0.3 is 20.2 Å². The van der Waals surface area contributed by atoms with Crippen LogP contribution in [-0.2, 0) is 4.79 Å². The Kier molecular flexibility index (Phi) is 9.07. The summed E-state index contributed by atoms with van der Waals surface area (Å²) in [7, 11) is 3.49. The van der Waals surface area contributed by atoms with Gasteiger partial charge in [-0.2, -0.15) is 0 Å². The highest BCUT2D eigenvalue weighted by Crippen LogP contribution is 2.08. The summed E-state index contributed by atoms with van der Waals surface area (Å²) in [5, 5.41) is 12.7. The first-order valence-corrected chi connectivity index (χ1v) is 6.46. The van der Waals surface area contributed by atoms with Crippen molar-refractivity contribution in [3.63, 3.8) is 0 Å². The van der Waals surface area contributed by atoms with Gasteiger partial charge in [-0.1, -0.05) is 0 Å². The van der Waals surface area contributed by atoms with Crippen molar-refractivity contribution in [2.75, 3.05) is 40.3 Å². The summed E-state index contributed by atoms with van der Waals surface area (Å²) in [4.78, 5) is 19.5. The van der Waals surface area contributed by atoms with E-state index >= 15 is 0 Å². The van der Waals surface area contributed by atoms with Crippen LogP contribution >= 0.6 is 24.0 Å². The number of aliphatic hydroxyl groups is 1. The van der Waals surface area contributed by atoms with Crippen molar-refractivity contribution in [3.8, 4) is 0 Å². The lowest BCUT2D eigenvalue weighted by atomic mass is 10.3. The fraction of sp³-hybridized carbons (Fsp3) is 0.833. The lowest BCUT2D eigenvalue weighted by Gasteiger charge is -2.21. The van der Waals surface area contributed by atoms with E-state index in [0.29, 0.717) is 19.5 Å². The molecule has 0 radical (unpaired) electrons. The largest absolute Gasteiger partial charge is 0.391 e. The first-order valence-electron chi connectivity index (χ1n) is 6.46. The summed E-state index contributed by atoms with van der Waals surface area (Å²) in [5.74, 6) is 0.872. The molecule has 0 aromatic heterocycles. The van der Waals surface area contributed by atoms with Crippen molar-refractivity contribution in [1.82, 2.24) is 15.1 Å². The van der Waals surface area contributed by atoms with E-state index in [4.69, 9.17) is 0 Å². The van der Waals surface area contributed by atoms with Gasteiger partial charge in [0.1, 0.15) is 0 Å². The summed E-state index contributed by atoms with van der Waals surface area (Å²) in [5.41, 5.74) is 0. The van der Waals surface area contributed by atoms with Crippen LogP contribution in [0.3, 0.4) is 0 Å². The number of aliphatic imine (C=N–C) groups is 1. The number of carbonyl (C=O) groups excluding carboxylic acids is 1. The zero-order valence-corrected chi connectivity index (χ0v) is 14.3. The molecule has 0 aliphatic carbocycles. The van der Waals surface area contributed by atoms with E-state index in [2.05, 4.69) is 10.3 Å². The number of rotatable bonds is 4. The molecule has 1 rings (SSSR count). The first kappa shape index (κ1) is 18.4. The zero-order valence-electron chi connectivity index (χ0n) is 11.9. The molecule has 2 N–H and O–H groups in total. The van der Waals surface area contributed by atoms with Crippen LogP contribution in [0.2, 0.25) is 0 Å². The molecular weight excluding hydrogens is 359 g/mol. The number of aliphatic hydroxyl groups excluding tert-OH is 1. The number of hydrogen-bond acceptors (Lipinski definition) is 3. The van der Waals surface area contributed by atoms with Crippen LogP contribution in [-0.4, -0.2) is 73.2 Å². The minimum Gasteiger partial charge on any atom is -0.391 e. The monoisotopic (exact) mass is 384 g/mol. The van der Waals surface area contributed by atoms with Crippen LogP contribution in [0.25, 0.3) is 0 Å². The molecule has 1 aliphatic heterocycles. The van der Waals surface area contributed by atoms with E-state index in [9.17, 15) is 9.90 Å². The van der Waals surface area contributed by atoms with E-state index in [1.165, 1.54) is 0 Å². The standard InChI is InChI=1S/C12H24N4O2.HI/c1-4-13-12(16-8-6-10(17)9-16)14-7-5-11(18)15(2)3;/h10,17H,4-9H2,1-3H3,(H,13,14);1H/t10-;/m1./s1. The SMILES string of the molecule is CCNC(=NCCC(=O)N(C)C)N1CC[C@@H](O)C1.I. The van der Waals surface area contributed by atoms with Gasteiger partial charge in [-0.25, -0.2) is 0 Å². The van der Waals surface area contributed by atoms with Crippen molar-refractivity contribution in [3.05, 3.63) is 0 Å². The normalized spacial score (nSPS) is 19.1. The molecule has 1 atom stereocenters. The molecule has 0 saturated carbocycles. The van der Waals surface area contributed by atoms with Crippen LogP contribution < -0.4 is 5.32 Å². The third-order valence-corrected chi connectivity index (χ3v) is 2.88. The average molecular weight is 384 g/mol. The summed E-state index contributed by atoms with van der Waals surface area (Å²) < 4.78 is 0. The van der Waals surface area contributed by atoms with Gasteiger partial charge in [0.05, 0.1) is 12.6 Å². The highest BCUT2D eigenvalue weighted by Gasteiger charge is 2.22. The van der Waals surface area contributed by atoms with E-state index in [1.54, 1.807) is 19.0 Å². The number of likely N-dealkylation sites (tertiary alicyclic amines) is 1. The van der Waals surface area contributed by atoms with Crippen LogP contribution in [0.15, 0.2) is 4.99 Å². The van der Waals surface area contributed by atoms with Crippen molar-refractivity contribution in [2.45, 2.75) is 25.9 Å². The maximum Gasteiger partial charge on any atom is 0.223 e. The highest BCUT2D eigenvalue weighted by atomic mass is 127. The molecule has 19 heavy (non-hydrogen) atoms. The number of β-amino-alcohol motifs (C(OH)–C–C–N with tert-alkyl or cyclic N) is 1. The predicted molar refractivity (Wildman–Crippen MR) is 86.9 cm³/mol. The maximum absolute atomic E-state index is 11.4. The lowest BCUT2D eigenvalue weighted by Crippen LogP contribution is -2.40. The van der Waals surface area contributed by atoms with E-state index in [0.717, 1.165) is 25.5 Å². The average Bonchev–Trinajstić information content (AvgIpc) is 2.74. The molecule has 0 aromatic rings. The zero-order chi connectivity index (χ0) is 13.5. The molecule has 0 unspecified atom stereocenters. The predicted octanol–water partition coefficient (Wildman–Crippen LogP) is 0.115. The summed E-state index contributed by atoms with van der Waals surface area (Å²) >= 11 is 0. The fourth-order valence-electron chi connectivity index (χ4n) is 1.84. The Morgan fingerprint density at radius 2 is 2.21 bits per heavy atom. The van der Waals surface area contributed by atoms with Crippen LogP contribution in [0, 0.1) is 0 Å². The highest BCUT2D eigenvalue weighted by molar-refractivity contribution is 14.0. The molecule has 0 spiro atoms. The van der Waals surface area contributed by atoms with Crippen molar-refractivity contribution >= 4 is 35.8 Å². The van der Waals surface area contributed by atoms with Gasteiger partial charge >= 0.3 is 0 Å². The van der Waals surface area contributed by atoms with Crippen molar-refractivity contribution in [1.29, 1.82) is 0 Å². The number of hydrogen-bond donors (Lipinski definition) is 2. The van der Waals surface area contributed by atoms with E-state index in [1.807, 2.05) is 11.8 Å². The van der Waals surface area contributed by atoms with Gasteiger partial charge in [0.2, 0.25) is 5.91 Å². The third kappa shape index (κ3) is 6.42. The molecule has 1 aliphatic rings. The molecular formula is C12H25IN4O2. The third-order valence-electron chi connectivity index (χ3n) is 2.88. The lowest BCUT2D eigenvalue weighted by molar-refractivity contribution is -0.128. The fourth-order valence-corrected chi connectivity index (χ4v) is 1.84. The van der Waals surface area contributed by atoms with E-state index < -0.39 is 0 Å². The summed E-state index contributed by atoms with van der Waals surface area (Å²) in [6.07, 6.45) is 0.927. The number of halogens is 1. The van der Waals surface area contributed by atoms with Gasteiger partial charge in [0, 0.05) is 40.2 Å². The topological polar surface area (TPSA) is 68.2 Å². The molecule has 1 amide bonds. The van der Waals surface area contributed by atoms with Gasteiger partial charge in [0.25, 0.3) is 0 Å². The molecule has 1 saturated heterocycles.